The summed E-state index contributed by atoms with van der Waals surface area (Å²) >= 11 is 1.32. The first-order valence-corrected chi connectivity index (χ1v) is 6.73. The van der Waals surface area contributed by atoms with Crippen LogP contribution in [-0.2, 0) is 22.5 Å². The number of anilines is 1. The Morgan fingerprint density at radius 2 is 2.30 bits per heavy atom. The Hall–Kier alpha value is -2.29. The number of hydrogen-bond acceptors (Lipinski definition) is 7. The number of nitrogens with one attached hydrogen (secondary N) is 1. The second-order valence-electron chi connectivity index (χ2n) is 3.77. The molecule has 9 heteroatoms. The molecule has 0 aliphatic carbocycles. The second-order valence-corrected chi connectivity index (χ2v) is 4.67. The van der Waals surface area contributed by atoms with Crippen molar-refractivity contribution in [3.63, 3.8) is 0 Å². The maximum absolute atomic E-state index is 11.8. The molecule has 0 saturated carbocycles. The Kier molecular flexibility index (Phi) is 4.41. The number of esters is 1. The molecule has 0 atom stereocenters. The van der Waals surface area contributed by atoms with E-state index in [2.05, 4.69) is 25.3 Å². The van der Waals surface area contributed by atoms with Gasteiger partial charge in [-0.1, -0.05) is 12.1 Å². The van der Waals surface area contributed by atoms with Crippen LogP contribution in [0.1, 0.15) is 23.1 Å². The van der Waals surface area contributed by atoms with Crippen molar-refractivity contribution in [2.45, 2.75) is 19.9 Å². The van der Waals surface area contributed by atoms with Crippen LogP contribution >= 0.6 is 11.3 Å². The number of nitrogens with zero attached hydrogens (tertiary/aromatic N) is 4. The normalized spacial score (nSPS) is 10.3. The first-order valence-electron chi connectivity index (χ1n) is 5.85. The molecule has 1 amide bonds. The minimum Gasteiger partial charge on any atom is -0.464 e. The van der Waals surface area contributed by atoms with Crippen LogP contribution in [-0.4, -0.2) is 39.0 Å². The van der Waals surface area contributed by atoms with Crippen LogP contribution in [0, 0.1) is 0 Å². The lowest BCUT2D eigenvalue weighted by atomic mass is 10.2. The van der Waals surface area contributed by atoms with Crippen LogP contribution in [0.5, 0.6) is 0 Å². The van der Waals surface area contributed by atoms with Gasteiger partial charge >= 0.3 is 5.97 Å². The van der Waals surface area contributed by atoms with Crippen molar-refractivity contribution < 1.29 is 14.3 Å². The molecule has 0 unspecified atom stereocenters. The minimum atomic E-state index is -0.562. The third-order valence-electron chi connectivity index (χ3n) is 2.52. The van der Waals surface area contributed by atoms with Crippen molar-refractivity contribution in [1.29, 1.82) is 0 Å². The first-order chi connectivity index (χ1) is 9.65. The summed E-state index contributed by atoms with van der Waals surface area (Å²) in [5, 5.41) is 12.5. The zero-order valence-electron chi connectivity index (χ0n) is 11.0. The Morgan fingerprint density at radius 1 is 1.50 bits per heavy atom. The van der Waals surface area contributed by atoms with Gasteiger partial charge in [-0.2, -0.15) is 0 Å². The second kappa shape index (κ2) is 6.24. The molecule has 0 aliphatic heterocycles. The minimum absolute atomic E-state index is 0.0350. The third-order valence-corrected chi connectivity index (χ3v) is 3.21. The van der Waals surface area contributed by atoms with Crippen molar-refractivity contribution in [1.82, 2.24) is 20.0 Å². The highest BCUT2D eigenvalue weighted by Gasteiger charge is 2.20. The monoisotopic (exact) mass is 295 g/mol. The van der Waals surface area contributed by atoms with Crippen molar-refractivity contribution in [3.8, 4) is 0 Å². The molecule has 0 saturated heterocycles. The molecule has 1 N–H and O–H groups in total. The first kappa shape index (κ1) is 14.1. The quantitative estimate of drug-likeness (QED) is 0.816. The molecule has 0 aromatic carbocycles. The Balaban J connectivity index is 2.11. The van der Waals surface area contributed by atoms with Crippen LogP contribution in [0.4, 0.5) is 5.13 Å². The van der Waals surface area contributed by atoms with Gasteiger partial charge in [0.25, 0.3) is 0 Å². The van der Waals surface area contributed by atoms with E-state index < -0.39 is 5.97 Å². The number of aromatic nitrogens is 4. The van der Waals surface area contributed by atoms with Gasteiger partial charge in [-0.15, -0.1) is 16.4 Å². The van der Waals surface area contributed by atoms with Crippen LogP contribution in [0.3, 0.4) is 0 Å². The zero-order chi connectivity index (χ0) is 14.5. The number of amides is 1. The van der Waals surface area contributed by atoms with Crippen LogP contribution in [0.2, 0.25) is 0 Å². The Morgan fingerprint density at radius 3 is 2.90 bits per heavy atom. The van der Waals surface area contributed by atoms with Gasteiger partial charge in [-0.25, -0.2) is 14.5 Å². The molecule has 0 radical (unpaired) electrons. The van der Waals surface area contributed by atoms with Gasteiger partial charge in [0, 0.05) is 11.6 Å². The highest BCUT2D eigenvalue weighted by molar-refractivity contribution is 7.13. The Labute approximate surface area is 118 Å². The molecule has 106 valence electrons. The van der Waals surface area contributed by atoms with Crippen LogP contribution in [0.15, 0.2) is 11.6 Å². The van der Waals surface area contributed by atoms with Crippen LogP contribution < -0.4 is 5.32 Å². The molecule has 8 nitrogen and oxygen atoms in total. The number of carbonyl (C=O) groups excluding carboxylic acids is 2. The summed E-state index contributed by atoms with van der Waals surface area (Å²) in [6.07, 6.45) is 2.12. The third kappa shape index (κ3) is 2.99. The van der Waals surface area contributed by atoms with Gasteiger partial charge in [0.1, 0.15) is 6.54 Å². The number of rotatable bonds is 5. The number of thiazole rings is 1. The topological polar surface area (TPSA) is 99.0 Å². The largest absolute Gasteiger partial charge is 0.464 e. The van der Waals surface area contributed by atoms with E-state index in [9.17, 15) is 9.59 Å². The predicted molar refractivity (Wildman–Crippen MR) is 71.5 cm³/mol. The van der Waals surface area contributed by atoms with Gasteiger partial charge in [0.2, 0.25) is 5.91 Å². The summed E-state index contributed by atoms with van der Waals surface area (Å²) in [5.74, 6) is -0.843. The zero-order valence-corrected chi connectivity index (χ0v) is 11.8. The summed E-state index contributed by atoms with van der Waals surface area (Å²) in [6, 6.07) is 0. The van der Waals surface area contributed by atoms with Crippen molar-refractivity contribution >= 4 is 28.3 Å². The molecule has 0 bridgehead atoms. The molecule has 2 aromatic rings. The van der Waals surface area contributed by atoms with E-state index in [1.165, 1.54) is 23.1 Å². The van der Waals surface area contributed by atoms with E-state index in [0.717, 1.165) is 0 Å². The summed E-state index contributed by atoms with van der Waals surface area (Å²) in [5.41, 5.74) is 0.697. The molecular formula is C11H13N5O3S. The standard InChI is InChI=1S/C11H13N5O3S/c1-3-7-9(10(18)19-2)14-15-16(7)6-8(17)13-11-12-4-5-20-11/h4-5H,3,6H2,1-2H3,(H,12,13,17). The smallest absolute Gasteiger partial charge is 0.360 e. The molecule has 0 fully saturated rings. The molecule has 2 rings (SSSR count). The fraction of sp³-hybridized carbons (Fsp3) is 0.364. The lowest BCUT2D eigenvalue weighted by molar-refractivity contribution is -0.117. The van der Waals surface area contributed by atoms with E-state index in [4.69, 9.17) is 0 Å². The molecule has 2 aromatic heterocycles. The van der Waals surface area contributed by atoms with Crippen molar-refractivity contribution in [3.05, 3.63) is 23.0 Å². The number of ether oxygens (including phenoxy) is 1. The van der Waals surface area contributed by atoms with E-state index in [0.29, 0.717) is 17.2 Å². The van der Waals surface area contributed by atoms with E-state index in [-0.39, 0.29) is 18.1 Å². The highest BCUT2D eigenvalue weighted by Crippen LogP contribution is 2.11. The lowest BCUT2D eigenvalue weighted by Gasteiger charge is -2.05. The van der Waals surface area contributed by atoms with Gasteiger partial charge in [-0.05, 0) is 6.42 Å². The average molecular weight is 295 g/mol. The number of methoxy groups -OCH3 is 1. The van der Waals surface area contributed by atoms with Crippen molar-refractivity contribution in [2.24, 2.45) is 0 Å². The summed E-state index contributed by atoms with van der Waals surface area (Å²) < 4.78 is 6.00. The molecule has 2 heterocycles. The molecule has 0 spiro atoms. The van der Waals surface area contributed by atoms with E-state index in [1.54, 1.807) is 11.6 Å². The summed E-state index contributed by atoms with van der Waals surface area (Å²) in [6.45, 7) is 1.81. The molecule has 0 aliphatic rings. The van der Waals surface area contributed by atoms with Crippen molar-refractivity contribution in [2.75, 3.05) is 12.4 Å². The Bertz CT molecular complexity index is 608. The fourth-order valence-corrected chi connectivity index (χ4v) is 2.19. The maximum Gasteiger partial charge on any atom is 0.360 e. The van der Waals surface area contributed by atoms with Gasteiger partial charge < -0.3 is 10.1 Å². The maximum atomic E-state index is 11.8. The number of carbonyl (C=O) groups is 2. The van der Waals surface area contributed by atoms with Gasteiger partial charge in [0.05, 0.1) is 12.8 Å². The van der Waals surface area contributed by atoms with Crippen LogP contribution in [0.25, 0.3) is 0 Å². The van der Waals surface area contributed by atoms with E-state index >= 15 is 0 Å². The van der Waals surface area contributed by atoms with E-state index in [1.807, 2.05) is 6.92 Å². The summed E-state index contributed by atoms with van der Waals surface area (Å²) in [7, 11) is 1.27. The van der Waals surface area contributed by atoms with Gasteiger partial charge in [-0.3, -0.25) is 4.79 Å². The average Bonchev–Trinajstić information content (AvgIpc) is 3.07. The lowest BCUT2D eigenvalue weighted by Crippen LogP contribution is -2.21. The molecular weight excluding hydrogens is 282 g/mol. The fourth-order valence-electron chi connectivity index (χ4n) is 1.64. The number of hydrogen-bond donors (Lipinski definition) is 1. The SMILES string of the molecule is CCc1c(C(=O)OC)nnn1CC(=O)Nc1nccs1. The summed E-state index contributed by atoms with van der Waals surface area (Å²) in [4.78, 5) is 27.3. The predicted octanol–water partition coefficient (Wildman–Crippen LogP) is 0.722. The van der Waals surface area contributed by atoms with Gasteiger partial charge in [0.15, 0.2) is 10.8 Å². The highest BCUT2D eigenvalue weighted by atomic mass is 32.1. The molecule has 20 heavy (non-hydrogen) atoms.